The lowest BCUT2D eigenvalue weighted by molar-refractivity contribution is -0.134. The number of alkyl carbamates (subject to hydrolysis) is 1. The molecule has 1 aromatic heterocycles. The molecular weight excluding hydrogens is 686 g/mol. The second kappa shape index (κ2) is 13.9. The van der Waals surface area contributed by atoms with Gasteiger partial charge in [0.2, 0.25) is 5.96 Å². The zero-order valence-electron chi connectivity index (χ0n) is 24.4. The molecule has 2 amide bonds. The molecule has 0 saturated carbocycles. The molecule has 1 aliphatic heterocycles. The number of amides is 2. The fourth-order valence-electron chi connectivity index (χ4n) is 5.22. The third-order valence-corrected chi connectivity index (χ3v) is 8.12. The highest BCUT2D eigenvalue weighted by Crippen LogP contribution is 2.43. The van der Waals surface area contributed by atoms with Crippen LogP contribution in [0, 0.1) is 0 Å². The molecule has 0 spiro atoms. The average Bonchev–Trinajstić information content (AvgIpc) is 3.62. The summed E-state index contributed by atoms with van der Waals surface area (Å²) in [6, 6.07) is 19.3. The van der Waals surface area contributed by atoms with Gasteiger partial charge < -0.3 is 9.84 Å². The number of halogens is 4. The van der Waals surface area contributed by atoms with E-state index in [0.717, 1.165) is 16.4 Å². The van der Waals surface area contributed by atoms with E-state index in [4.69, 9.17) is 21.3 Å². The molecule has 14 heteroatoms. The molecule has 1 aliphatic rings. The van der Waals surface area contributed by atoms with Crippen LogP contribution in [0.15, 0.2) is 101 Å². The van der Waals surface area contributed by atoms with Gasteiger partial charge in [0.15, 0.2) is 11.4 Å². The Labute approximate surface area is 276 Å². The number of aliphatic hydroxyl groups excluding tert-OH is 1. The number of hydrogen-bond acceptors (Lipinski definition) is 7. The summed E-state index contributed by atoms with van der Waals surface area (Å²) in [5, 5.41) is 17.0. The summed E-state index contributed by atoms with van der Waals surface area (Å²) in [7, 11) is 0. The number of benzene rings is 3. The van der Waals surface area contributed by atoms with Crippen molar-refractivity contribution in [3.8, 4) is 11.4 Å². The number of aliphatic hydroxyl groups is 1. The SMILES string of the molecule is C=C(C)C[C@]1(c2ccc(Br)cc2)N=C(NC(=O)OCc2ccccc2)N([C@H](CO)c2ccc(Cl)c(-c3ncnn3C(F)F)c2)C1=O. The highest BCUT2D eigenvalue weighted by molar-refractivity contribution is 9.10. The molecule has 5 rings (SSSR count). The third kappa shape index (κ3) is 6.71. The third-order valence-electron chi connectivity index (χ3n) is 7.26. The summed E-state index contributed by atoms with van der Waals surface area (Å²) >= 11 is 9.81. The van der Waals surface area contributed by atoms with Crippen molar-refractivity contribution in [2.24, 2.45) is 4.99 Å². The van der Waals surface area contributed by atoms with E-state index in [-0.39, 0.29) is 35.4 Å². The Morgan fingerprint density at radius 1 is 1.15 bits per heavy atom. The van der Waals surface area contributed by atoms with E-state index in [2.05, 4.69) is 37.9 Å². The van der Waals surface area contributed by atoms with Crippen LogP contribution in [-0.2, 0) is 21.7 Å². The standard InChI is InChI=1S/C32H28BrClF2N6O4/c1-19(2)15-32(22-9-11-23(33)12-10-22)28(44)41(30(40-32)39-31(45)46-17-20-6-4-3-5-7-20)26(16-43)21-8-13-25(34)24(14-21)27-37-18-38-42(27)29(35)36/h3-14,18,26,29,43H,1,15-17H2,2H3,(H,39,40,45)/t26-,32-/m1/s1. The Balaban J connectivity index is 1.58. The molecule has 2 N–H and O–H groups in total. The number of nitrogens with zero attached hydrogens (tertiary/aromatic N) is 5. The van der Waals surface area contributed by atoms with Crippen molar-refractivity contribution >= 4 is 45.5 Å². The maximum Gasteiger partial charge on any atom is 0.414 e. The van der Waals surface area contributed by atoms with Gasteiger partial charge in [0, 0.05) is 16.5 Å². The normalized spacial score (nSPS) is 16.8. The first-order chi connectivity index (χ1) is 22.0. The Kier molecular flexibility index (Phi) is 9.94. The number of rotatable bonds is 10. The molecular formula is C32H28BrClF2N6O4. The van der Waals surface area contributed by atoms with Crippen molar-refractivity contribution in [3.63, 3.8) is 0 Å². The van der Waals surface area contributed by atoms with E-state index in [0.29, 0.717) is 21.4 Å². The topological polar surface area (TPSA) is 122 Å². The molecule has 46 heavy (non-hydrogen) atoms. The van der Waals surface area contributed by atoms with Gasteiger partial charge in [0.05, 0.1) is 17.7 Å². The largest absolute Gasteiger partial charge is 0.444 e. The molecule has 0 saturated heterocycles. The monoisotopic (exact) mass is 712 g/mol. The second-order valence-corrected chi connectivity index (χ2v) is 11.9. The fraction of sp³-hybridized carbons (Fsp3) is 0.219. The van der Waals surface area contributed by atoms with Crippen LogP contribution >= 0.6 is 27.5 Å². The minimum Gasteiger partial charge on any atom is -0.444 e. The van der Waals surface area contributed by atoms with E-state index in [9.17, 15) is 23.5 Å². The Hall–Kier alpha value is -4.46. The Morgan fingerprint density at radius 3 is 2.52 bits per heavy atom. The zero-order valence-corrected chi connectivity index (χ0v) is 26.8. The van der Waals surface area contributed by atoms with Crippen molar-refractivity contribution in [2.45, 2.75) is 38.1 Å². The number of aromatic nitrogens is 3. The van der Waals surface area contributed by atoms with E-state index in [1.54, 1.807) is 55.5 Å². The molecule has 2 atom stereocenters. The first kappa shape index (κ1) is 32.9. The molecule has 2 heterocycles. The lowest BCUT2D eigenvalue weighted by atomic mass is 9.84. The molecule has 0 radical (unpaired) electrons. The van der Waals surface area contributed by atoms with E-state index >= 15 is 0 Å². The summed E-state index contributed by atoms with van der Waals surface area (Å²) in [6.07, 6.45) is 0.161. The summed E-state index contributed by atoms with van der Waals surface area (Å²) < 4.78 is 33.9. The Bertz CT molecular complexity index is 1790. The second-order valence-electron chi connectivity index (χ2n) is 10.5. The number of nitrogens with one attached hydrogen (secondary N) is 1. The minimum atomic E-state index is -3.00. The fourth-order valence-corrected chi connectivity index (χ4v) is 5.68. The van der Waals surface area contributed by atoms with Crippen molar-refractivity contribution in [2.75, 3.05) is 6.61 Å². The van der Waals surface area contributed by atoms with Gasteiger partial charge in [-0.15, -0.1) is 6.58 Å². The molecule has 0 bridgehead atoms. The van der Waals surface area contributed by atoms with Crippen LogP contribution in [0.1, 0.15) is 42.6 Å². The number of ether oxygens (including phenoxy) is 1. The van der Waals surface area contributed by atoms with Crippen LogP contribution in [0.3, 0.4) is 0 Å². The smallest absolute Gasteiger partial charge is 0.414 e. The van der Waals surface area contributed by atoms with Crippen LogP contribution in [0.5, 0.6) is 0 Å². The minimum absolute atomic E-state index is 0.0493. The molecule has 0 fully saturated rings. The maximum atomic E-state index is 14.6. The average molecular weight is 714 g/mol. The first-order valence-electron chi connectivity index (χ1n) is 13.9. The van der Waals surface area contributed by atoms with Crippen molar-refractivity contribution in [1.82, 2.24) is 25.0 Å². The number of hydrogen-bond donors (Lipinski definition) is 2. The lowest BCUT2D eigenvalue weighted by Gasteiger charge is -2.31. The van der Waals surface area contributed by atoms with Crippen LogP contribution in [-0.4, -0.2) is 49.3 Å². The molecule has 0 unspecified atom stereocenters. The van der Waals surface area contributed by atoms with Crippen LogP contribution in [0.2, 0.25) is 5.02 Å². The van der Waals surface area contributed by atoms with Gasteiger partial charge in [-0.25, -0.2) is 14.8 Å². The van der Waals surface area contributed by atoms with E-state index in [1.807, 2.05) is 6.07 Å². The van der Waals surface area contributed by atoms with Gasteiger partial charge in [-0.2, -0.15) is 18.6 Å². The number of alkyl halides is 2. The zero-order chi connectivity index (χ0) is 33.0. The Morgan fingerprint density at radius 2 is 1.87 bits per heavy atom. The van der Waals surface area contributed by atoms with Gasteiger partial charge in [0.1, 0.15) is 12.9 Å². The quantitative estimate of drug-likeness (QED) is 0.175. The number of aliphatic imine (C=N–C) groups is 1. The highest BCUT2D eigenvalue weighted by Gasteiger charge is 2.52. The van der Waals surface area contributed by atoms with Crippen LogP contribution in [0.25, 0.3) is 11.4 Å². The van der Waals surface area contributed by atoms with Gasteiger partial charge in [0.25, 0.3) is 5.91 Å². The number of carbonyl (C=O) groups is 2. The van der Waals surface area contributed by atoms with Crippen LogP contribution in [0.4, 0.5) is 13.6 Å². The summed E-state index contributed by atoms with van der Waals surface area (Å²) in [5.41, 5.74) is 0.719. The van der Waals surface area contributed by atoms with Crippen molar-refractivity contribution in [1.29, 1.82) is 0 Å². The molecule has 10 nitrogen and oxygen atoms in total. The van der Waals surface area contributed by atoms with Gasteiger partial charge >= 0.3 is 12.6 Å². The summed E-state index contributed by atoms with van der Waals surface area (Å²) in [5.74, 6) is -0.963. The molecule has 3 aromatic carbocycles. The number of guanidine groups is 1. The predicted octanol–water partition coefficient (Wildman–Crippen LogP) is 6.78. The van der Waals surface area contributed by atoms with Gasteiger partial charge in [-0.1, -0.05) is 81.6 Å². The van der Waals surface area contributed by atoms with Gasteiger partial charge in [-0.3, -0.25) is 15.0 Å². The predicted molar refractivity (Wildman–Crippen MR) is 171 cm³/mol. The highest BCUT2D eigenvalue weighted by atomic mass is 79.9. The first-order valence-corrected chi connectivity index (χ1v) is 15.1. The van der Waals surface area contributed by atoms with Gasteiger partial charge in [-0.05, 0) is 47.9 Å². The van der Waals surface area contributed by atoms with E-state index < -0.39 is 36.7 Å². The molecule has 0 aliphatic carbocycles. The maximum absolute atomic E-state index is 14.6. The van der Waals surface area contributed by atoms with Crippen LogP contribution < -0.4 is 5.32 Å². The molecule has 238 valence electrons. The summed E-state index contributed by atoms with van der Waals surface area (Å²) in [4.78, 5) is 37.6. The number of carbonyl (C=O) groups excluding carboxylic acids is 2. The van der Waals surface area contributed by atoms with E-state index in [1.165, 1.54) is 23.1 Å². The van der Waals surface area contributed by atoms with Crippen molar-refractivity contribution < 1.29 is 28.2 Å². The van der Waals surface area contributed by atoms with Crippen molar-refractivity contribution in [3.05, 3.63) is 117 Å². The lowest BCUT2D eigenvalue weighted by Crippen LogP contribution is -2.49. The molecule has 4 aromatic rings. The summed E-state index contributed by atoms with van der Waals surface area (Å²) in [6.45, 7) is 2.07.